The molecule has 0 unspecified atom stereocenters. The minimum absolute atomic E-state index is 0.0211. The Kier molecular flexibility index (Phi) is 1.93. The second kappa shape index (κ2) is 4.16. The number of aliphatic hydroxyl groups excluding tert-OH is 2. The zero-order valence-corrected chi connectivity index (χ0v) is 9.06. The van der Waals surface area contributed by atoms with E-state index in [-0.39, 0.29) is 11.2 Å². The van der Waals surface area contributed by atoms with Crippen molar-refractivity contribution in [3.8, 4) is 5.88 Å². The van der Waals surface area contributed by atoms with Crippen molar-refractivity contribution >= 4 is 11.2 Å². The molecule has 0 spiro atoms. The number of fused-ring (bicyclic) bond motifs is 1. The Morgan fingerprint density at radius 3 is 3.11 bits per heavy atom. The second-order valence-electron chi connectivity index (χ2n) is 3.72. The summed E-state index contributed by atoms with van der Waals surface area (Å²) in [6.45, 7) is -0.645. The van der Waals surface area contributed by atoms with E-state index in [1.54, 1.807) is 0 Å². The summed E-state index contributed by atoms with van der Waals surface area (Å²) in [6.07, 6.45) is -5.79. The first kappa shape index (κ1) is 8.35. The second-order valence-corrected chi connectivity index (χ2v) is 3.72. The number of aromatic nitrogens is 4. The van der Waals surface area contributed by atoms with E-state index in [0.717, 1.165) is 17.2 Å². The average Bonchev–Trinajstić information content (AvgIpc) is 2.95. The lowest BCUT2D eigenvalue weighted by atomic mass is 10.2. The Hall–Kier alpha value is -1.77. The fraction of sp³-hybridized carbons (Fsp3) is 0.500. The van der Waals surface area contributed by atoms with E-state index in [9.17, 15) is 10.2 Å². The number of nitrogens with zero attached hydrogens (tertiary/aromatic N) is 4. The van der Waals surface area contributed by atoms with Gasteiger partial charge in [-0.3, -0.25) is 4.57 Å². The van der Waals surface area contributed by atoms with Gasteiger partial charge in [-0.2, -0.15) is 4.98 Å². The highest BCUT2D eigenvalue weighted by atomic mass is 16.5. The summed E-state index contributed by atoms with van der Waals surface area (Å²) in [7, 11) is 0. The lowest BCUT2D eigenvalue weighted by Crippen LogP contribution is -2.24. The maximum Gasteiger partial charge on any atom is 0.242 e. The van der Waals surface area contributed by atoms with E-state index < -0.39 is 37.3 Å². The molecule has 0 bridgehead atoms. The standard InChI is InChI=1S/C10H12N4O4/c15-2-6-5(16)1-7(18-6)14-4-13-8-9(14)11-3-12-10(8)17/h3-7,15-16H,1-2H2,(H,11,12,17)/t5-,6+,7+/m0/s1/i1D2,7D. The van der Waals surface area contributed by atoms with Crippen molar-refractivity contribution < 1.29 is 24.2 Å². The van der Waals surface area contributed by atoms with Gasteiger partial charge in [0.05, 0.1) is 20.4 Å². The first-order valence-corrected chi connectivity index (χ1v) is 5.17. The van der Waals surface area contributed by atoms with Gasteiger partial charge in [0.1, 0.15) is 18.6 Å². The molecular weight excluding hydrogens is 240 g/mol. The van der Waals surface area contributed by atoms with Crippen molar-refractivity contribution in [1.29, 1.82) is 0 Å². The summed E-state index contributed by atoms with van der Waals surface area (Å²) in [5.74, 6) is -0.417. The highest BCUT2D eigenvalue weighted by Gasteiger charge is 2.35. The summed E-state index contributed by atoms with van der Waals surface area (Å²) in [5.41, 5.74) is -0.0439. The SMILES string of the molecule is [2H]C1([2H])[C@H](O)[C@@H](CO)O[C@@]1([2H])n1cnc2c(O)ncnc21. The molecule has 0 radical (unpaired) electrons. The molecule has 1 fully saturated rings. The molecule has 1 aliphatic rings. The zero-order valence-electron chi connectivity index (χ0n) is 12.1. The van der Waals surface area contributed by atoms with Crippen molar-refractivity contribution in [1.82, 2.24) is 19.5 Å². The van der Waals surface area contributed by atoms with Gasteiger partial charge < -0.3 is 20.1 Å². The van der Waals surface area contributed by atoms with Gasteiger partial charge in [-0.1, -0.05) is 0 Å². The minimum Gasteiger partial charge on any atom is -0.492 e. The number of hydrogen-bond donors (Lipinski definition) is 3. The van der Waals surface area contributed by atoms with E-state index >= 15 is 0 Å². The minimum atomic E-state index is -2.53. The molecule has 3 N–H and O–H groups in total. The quantitative estimate of drug-likeness (QED) is 0.642. The Morgan fingerprint density at radius 1 is 1.56 bits per heavy atom. The molecule has 0 saturated carbocycles. The largest absolute Gasteiger partial charge is 0.492 e. The van der Waals surface area contributed by atoms with Crippen molar-refractivity contribution in [2.24, 2.45) is 0 Å². The fourth-order valence-corrected chi connectivity index (χ4v) is 1.70. The Bertz CT molecular complexity index is 696. The van der Waals surface area contributed by atoms with Crippen LogP contribution in [0.2, 0.25) is 0 Å². The van der Waals surface area contributed by atoms with Crippen LogP contribution in [-0.4, -0.2) is 53.7 Å². The maximum absolute atomic E-state index is 9.88. The van der Waals surface area contributed by atoms with Crippen LogP contribution in [0, 0.1) is 0 Å². The van der Waals surface area contributed by atoms with Gasteiger partial charge >= 0.3 is 0 Å². The number of rotatable bonds is 2. The molecule has 3 heterocycles. The van der Waals surface area contributed by atoms with Crippen LogP contribution in [0.4, 0.5) is 0 Å². The predicted molar refractivity (Wildman–Crippen MR) is 58.6 cm³/mol. The molecule has 18 heavy (non-hydrogen) atoms. The van der Waals surface area contributed by atoms with Crippen LogP contribution >= 0.6 is 0 Å². The molecule has 1 aliphatic heterocycles. The summed E-state index contributed by atoms with van der Waals surface area (Å²) in [4.78, 5) is 11.2. The zero-order chi connectivity index (χ0) is 15.4. The predicted octanol–water partition coefficient (Wildman–Crippen LogP) is -0.827. The van der Waals surface area contributed by atoms with Gasteiger partial charge in [-0.15, -0.1) is 0 Å². The molecule has 0 amide bonds. The van der Waals surface area contributed by atoms with Crippen LogP contribution in [0.5, 0.6) is 5.88 Å². The Balaban J connectivity index is 2.19. The average molecular weight is 255 g/mol. The van der Waals surface area contributed by atoms with E-state index in [0.29, 0.717) is 0 Å². The van der Waals surface area contributed by atoms with E-state index in [2.05, 4.69) is 15.0 Å². The van der Waals surface area contributed by atoms with E-state index in [1.165, 1.54) is 0 Å². The van der Waals surface area contributed by atoms with Crippen LogP contribution < -0.4 is 0 Å². The third kappa shape index (κ3) is 1.62. The lowest BCUT2D eigenvalue weighted by molar-refractivity contribution is -0.0432. The summed E-state index contributed by atoms with van der Waals surface area (Å²) < 4.78 is 30.3. The summed E-state index contributed by atoms with van der Waals surface area (Å²) in [6, 6.07) is 0. The Labute approximate surface area is 106 Å². The number of aliphatic hydroxyl groups is 2. The number of aromatic hydroxyl groups is 1. The molecule has 1 saturated heterocycles. The van der Waals surface area contributed by atoms with Gasteiger partial charge in [0.25, 0.3) is 0 Å². The molecule has 8 nitrogen and oxygen atoms in total. The van der Waals surface area contributed by atoms with Crippen LogP contribution in [-0.2, 0) is 4.74 Å². The molecule has 8 heteroatoms. The van der Waals surface area contributed by atoms with Crippen LogP contribution in [0.15, 0.2) is 12.7 Å². The summed E-state index contributed by atoms with van der Waals surface area (Å²) in [5, 5.41) is 28.6. The first-order chi connectivity index (χ1) is 9.83. The van der Waals surface area contributed by atoms with Crippen LogP contribution in [0.3, 0.4) is 0 Å². The van der Waals surface area contributed by atoms with Crippen LogP contribution in [0.1, 0.15) is 16.7 Å². The first-order valence-electron chi connectivity index (χ1n) is 6.67. The van der Waals surface area contributed by atoms with E-state index in [4.69, 9.17) is 14.0 Å². The molecule has 3 atom stereocenters. The third-order valence-electron chi connectivity index (χ3n) is 2.60. The number of hydrogen-bond acceptors (Lipinski definition) is 7. The molecule has 0 aromatic carbocycles. The monoisotopic (exact) mass is 255 g/mol. The topological polar surface area (TPSA) is 114 Å². The summed E-state index contributed by atoms with van der Waals surface area (Å²) >= 11 is 0. The molecule has 0 aliphatic carbocycles. The highest BCUT2D eigenvalue weighted by Crippen LogP contribution is 2.31. The van der Waals surface area contributed by atoms with Crippen molar-refractivity contribution in [2.75, 3.05) is 6.61 Å². The normalized spacial score (nSPS) is 37.3. The van der Waals surface area contributed by atoms with Crippen LogP contribution in [0.25, 0.3) is 11.2 Å². The maximum atomic E-state index is 9.88. The molecular formula is C10H12N4O4. The van der Waals surface area contributed by atoms with Gasteiger partial charge in [-0.25, -0.2) is 9.97 Å². The fourth-order valence-electron chi connectivity index (χ4n) is 1.70. The van der Waals surface area contributed by atoms with Crippen molar-refractivity contribution in [2.45, 2.75) is 24.8 Å². The molecule has 3 rings (SSSR count). The molecule has 2 aromatic rings. The molecule has 2 aromatic heterocycles. The molecule has 96 valence electrons. The highest BCUT2D eigenvalue weighted by molar-refractivity contribution is 5.75. The van der Waals surface area contributed by atoms with E-state index in [1.807, 2.05) is 0 Å². The van der Waals surface area contributed by atoms with Crippen molar-refractivity contribution in [3.05, 3.63) is 12.7 Å². The van der Waals surface area contributed by atoms with Gasteiger partial charge in [0.15, 0.2) is 11.2 Å². The number of imidazole rings is 1. The Morgan fingerprint density at radius 2 is 2.39 bits per heavy atom. The van der Waals surface area contributed by atoms with Gasteiger partial charge in [0.2, 0.25) is 5.88 Å². The smallest absolute Gasteiger partial charge is 0.242 e. The number of ether oxygens (including phenoxy) is 1. The van der Waals surface area contributed by atoms with Gasteiger partial charge in [0, 0.05) is 9.11 Å². The van der Waals surface area contributed by atoms with Crippen molar-refractivity contribution in [3.63, 3.8) is 0 Å². The lowest BCUT2D eigenvalue weighted by Gasteiger charge is -2.13. The van der Waals surface area contributed by atoms with Gasteiger partial charge in [-0.05, 0) is 0 Å². The third-order valence-corrected chi connectivity index (χ3v) is 2.60.